The highest BCUT2D eigenvalue weighted by Crippen LogP contribution is 2.14. The first-order chi connectivity index (χ1) is 8.11. The zero-order chi connectivity index (χ0) is 12.7. The lowest BCUT2D eigenvalue weighted by atomic mass is 10.1. The largest absolute Gasteiger partial charge is 0.488 e. The van der Waals surface area contributed by atoms with Gasteiger partial charge in [0, 0.05) is 5.03 Å². The summed E-state index contributed by atoms with van der Waals surface area (Å²) in [5.41, 5.74) is 1.90. The Morgan fingerprint density at radius 3 is 2.59 bits per heavy atom. The molecule has 0 spiro atoms. The van der Waals surface area contributed by atoms with Crippen molar-refractivity contribution in [3.8, 4) is 5.75 Å². The summed E-state index contributed by atoms with van der Waals surface area (Å²) >= 11 is 5.60. The molecule has 1 aromatic carbocycles. The van der Waals surface area contributed by atoms with E-state index in [1.165, 1.54) is 5.56 Å². The highest BCUT2D eigenvalue weighted by atomic mass is 35.5. The predicted octanol–water partition coefficient (Wildman–Crippen LogP) is 3.60. The van der Waals surface area contributed by atoms with Crippen molar-refractivity contribution in [2.24, 2.45) is 5.16 Å². The van der Waals surface area contributed by atoms with Gasteiger partial charge in [-0.25, -0.2) is 0 Å². The standard InChI is InChI=1S/C13H16ClNO2/c1-10(14)9-17-13-7-5-12(6-8-13)4-3-11(2)15-16/h5-8,16H,1,3-4,9H2,2H3/b15-11+. The molecule has 0 unspecified atom stereocenters. The normalized spacial score (nSPS) is 11.3. The lowest BCUT2D eigenvalue weighted by Gasteiger charge is -2.06. The molecular formula is C13H16ClNO2. The highest BCUT2D eigenvalue weighted by Gasteiger charge is 1.98. The molecule has 1 rings (SSSR count). The first kappa shape index (κ1) is 13.6. The van der Waals surface area contributed by atoms with Crippen molar-refractivity contribution in [3.63, 3.8) is 0 Å². The molecule has 0 heterocycles. The van der Waals surface area contributed by atoms with Crippen LogP contribution in [0.5, 0.6) is 5.75 Å². The lowest BCUT2D eigenvalue weighted by Crippen LogP contribution is -1.97. The van der Waals surface area contributed by atoms with Crippen molar-refractivity contribution in [1.82, 2.24) is 0 Å². The second-order valence-corrected chi connectivity index (χ2v) is 4.32. The molecule has 0 aliphatic rings. The van der Waals surface area contributed by atoms with Crippen LogP contribution in [0.4, 0.5) is 0 Å². The van der Waals surface area contributed by atoms with Crippen molar-refractivity contribution in [2.45, 2.75) is 19.8 Å². The van der Waals surface area contributed by atoms with Crippen molar-refractivity contribution in [2.75, 3.05) is 6.61 Å². The van der Waals surface area contributed by atoms with E-state index in [4.69, 9.17) is 21.5 Å². The Balaban J connectivity index is 2.47. The monoisotopic (exact) mass is 253 g/mol. The number of hydrogen-bond donors (Lipinski definition) is 1. The van der Waals surface area contributed by atoms with Gasteiger partial charge in [-0.3, -0.25) is 0 Å². The molecule has 1 aromatic rings. The number of rotatable bonds is 6. The fourth-order valence-corrected chi connectivity index (χ4v) is 1.34. The van der Waals surface area contributed by atoms with Crippen LogP contribution < -0.4 is 4.74 Å². The van der Waals surface area contributed by atoms with Crippen molar-refractivity contribution >= 4 is 17.3 Å². The van der Waals surface area contributed by atoms with Crippen molar-refractivity contribution in [1.29, 1.82) is 0 Å². The number of aryl methyl sites for hydroxylation is 1. The summed E-state index contributed by atoms with van der Waals surface area (Å²) in [6.45, 7) is 5.66. The van der Waals surface area contributed by atoms with Gasteiger partial charge in [0.15, 0.2) is 0 Å². The molecule has 0 amide bonds. The number of ether oxygens (including phenoxy) is 1. The molecule has 3 nitrogen and oxygen atoms in total. The second kappa shape index (κ2) is 6.97. The zero-order valence-electron chi connectivity index (χ0n) is 9.82. The van der Waals surface area contributed by atoms with Crippen molar-refractivity contribution < 1.29 is 9.94 Å². The fourth-order valence-electron chi connectivity index (χ4n) is 1.29. The van der Waals surface area contributed by atoms with Crippen LogP contribution >= 0.6 is 11.6 Å². The first-order valence-corrected chi connectivity index (χ1v) is 5.72. The maximum Gasteiger partial charge on any atom is 0.123 e. The van der Waals surface area contributed by atoms with E-state index in [2.05, 4.69) is 11.7 Å². The van der Waals surface area contributed by atoms with E-state index in [9.17, 15) is 0 Å². The third-order valence-electron chi connectivity index (χ3n) is 2.26. The summed E-state index contributed by atoms with van der Waals surface area (Å²) in [7, 11) is 0. The predicted molar refractivity (Wildman–Crippen MR) is 70.1 cm³/mol. The summed E-state index contributed by atoms with van der Waals surface area (Å²) in [4.78, 5) is 0. The molecule has 17 heavy (non-hydrogen) atoms. The van der Waals surface area contributed by atoms with Gasteiger partial charge in [0.25, 0.3) is 0 Å². The molecule has 0 atom stereocenters. The van der Waals surface area contributed by atoms with Gasteiger partial charge < -0.3 is 9.94 Å². The van der Waals surface area contributed by atoms with Gasteiger partial charge in [0.2, 0.25) is 0 Å². The SMILES string of the molecule is C=C(Cl)COc1ccc(CC/C(C)=N/O)cc1. The Hall–Kier alpha value is -1.48. The Labute approximate surface area is 106 Å². The van der Waals surface area contributed by atoms with Crippen LogP contribution in [0.15, 0.2) is 41.0 Å². The Kier molecular flexibility index (Phi) is 5.57. The molecule has 0 bridgehead atoms. The average Bonchev–Trinajstić information content (AvgIpc) is 2.34. The van der Waals surface area contributed by atoms with E-state index in [-0.39, 0.29) is 0 Å². The number of hydrogen-bond acceptors (Lipinski definition) is 3. The van der Waals surface area contributed by atoms with Crippen LogP contribution in [-0.2, 0) is 6.42 Å². The summed E-state index contributed by atoms with van der Waals surface area (Å²) in [5, 5.41) is 12.1. The minimum absolute atomic E-state index is 0.317. The number of halogens is 1. The van der Waals surface area contributed by atoms with Gasteiger partial charge in [-0.2, -0.15) is 0 Å². The Morgan fingerprint density at radius 1 is 1.41 bits per heavy atom. The number of benzene rings is 1. The summed E-state index contributed by atoms with van der Waals surface area (Å²) in [6, 6.07) is 7.75. The maximum absolute atomic E-state index is 8.53. The van der Waals surface area contributed by atoms with Gasteiger partial charge in [0.1, 0.15) is 12.4 Å². The van der Waals surface area contributed by atoms with Gasteiger partial charge >= 0.3 is 0 Å². The van der Waals surface area contributed by atoms with E-state index >= 15 is 0 Å². The Morgan fingerprint density at radius 2 is 2.06 bits per heavy atom. The summed E-state index contributed by atoms with van der Waals surface area (Å²) in [6.07, 6.45) is 1.59. The highest BCUT2D eigenvalue weighted by molar-refractivity contribution is 6.29. The van der Waals surface area contributed by atoms with E-state index in [0.717, 1.165) is 24.3 Å². The van der Waals surface area contributed by atoms with E-state index in [0.29, 0.717) is 11.6 Å². The van der Waals surface area contributed by atoms with E-state index in [1.54, 1.807) is 6.92 Å². The van der Waals surface area contributed by atoms with E-state index in [1.807, 2.05) is 24.3 Å². The molecule has 92 valence electrons. The topological polar surface area (TPSA) is 41.8 Å². The zero-order valence-corrected chi connectivity index (χ0v) is 10.6. The molecule has 1 N–H and O–H groups in total. The smallest absolute Gasteiger partial charge is 0.123 e. The van der Waals surface area contributed by atoms with Crippen LogP contribution in [0.3, 0.4) is 0 Å². The van der Waals surface area contributed by atoms with Gasteiger partial charge in [0.05, 0.1) is 5.71 Å². The molecule has 0 aromatic heterocycles. The van der Waals surface area contributed by atoms with Crippen LogP contribution in [0.25, 0.3) is 0 Å². The summed E-state index contributed by atoms with van der Waals surface area (Å²) < 4.78 is 5.37. The third-order valence-corrected chi connectivity index (χ3v) is 2.37. The molecule has 0 fully saturated rings. The molecule has 0 radical (unpaired) electrons. The fraction of sp³-hybridized carbons (Fsp3) is 0.308. The first-order valence-electron chi connectivity index (χ1n) is 5.34. The average molecular weight is 254 g/mol. The minimum atomic E-state index is 0.317. The Bertz CT molecular complexity index is 398. The molecule has 0 aliphatic heterocycles. The minimum Gasteiger partial charge on any atom is -0.488 e. The number of nitrogens with zero attached hydrogens (tertiary/aromatic N) is 1. The number of oxime groups is 1. The van der Waals surface area contributed by atoms with Crippen LogP contribution in [0, 0.1) is 0 Å². The maximum atomic E-state index is 8.53. The van der Waals surface area contributed by atoms with Gasteiger partial charge in [-0.05, 0) is 37.5 Å². The van der Waals surface area contributed by atoms with Crippen LogP contribution in [0.1, 0.15) is 18.9 Å². The molecule has 0 saturated carbocycles. The van der Waals surface area contributed by atoms with Crippen LogP contribution in [-0.4, -0.2) is 17.5 Å². The quantitative estimate of drug-likeness (QED) is 0.478. The molecule has 0 aliphatic carbocycles. The molecular weight excluding hydrogens is 238 g/mol. The van der Waals surface area contributed by atoms with E-state index < -0.39 is 0 Å². The van der Waals surface area contributed by atoms with Crippen molar-refractivity contribution in [3.05, 3.63) is 41.4 Å². The molecule has 4 heteroatoms. The van der Waals surface area contributed by atoms with Crippen LogP contribution in [0.2, 0.25) is 0 Å². The van der Waals surface area contributed by atoms with Gasteiger partial charge in [-0.1, -0.05) is 35.5 Å². The van der Waals surface area contributed by atoms with Gasteiger partial charge in [-0.15, -0.1) is 0 Å². The third kappa shape index (κ3) is 5.41. The lowest BCUT2D eigenvalue weighted by molar-refractivity contribution is 0.317. The summed E-state index contributed by atoms with van der Waals surface area (Å²) in [5.74, 6) is 0.767. The second-order valence-electron chi connectivity index (χ2n) is 3.79. The molecule has 0 saturated heterocycles.